The summed E-state index contributed by atoms with van der Waals surface area (Å²) in [6.07, 6.45) is 2.16. The van der Waals surface area contributed by atoms with Crippen molar-refractivity contribution < 1.29 is 19.5 Å². The summed E-state index contributed by atoms with van der Waals surface area (Å²) in [5.41, 5.74) is 1.83. The molecule has 0 aromatic carbocycles. The van der Waals surface area contributed by atoms with Crippen molar-refractivity contribution in [1.29, 1.82) is 0 Å². The van der Waals surface area contributed by atoms with Crippen LogP contribution in [0.4, 0.5) is 0 Å². The topological polar surface area (TPSA) is 74.7 Å². The van der Waals surface area contributed by atoms with E-state index in [2.05, 4.69) is 0 Å². The summed E-state index contributed by atoms with van der Waals surface area (Å²) in [6.45, 7) is 1.73. The summed E-state index contributed by atoms with van der Waals surface area (Å²) in [4.78, 5) is 37.8. The van der Waals surface area contributed by atoms with Crippen LogP contribution >= 0.6 is 22.9 Å². The van der Waals surface area contributed by atoms with Gasteiger partial charge in [0.25, 0.3) is 5.91 Å². The fraction of sp³-hybridized carbons (Fsp3) is 0.312. The van der Waals surface area contributed by atoms with Gasteiger partial charge in [-0.05, 0) is 42.7 Å². The summed E-state index contributed by atoms with van der Waals surface area (Å²) in [7, 11) is 0. The van der Waals surface area contributed by atoms with E-state index in [1.165, 1.54) is 17.4 Å². The predicted molar refractivity (Wildman–Crippen MR) is 86.6 cm³/mol. The minimum atomic E-state index is -0.981. The summed E-state index contributed by atoms with van der Waals surface area (Å²) in [6, 6.07) is 3.05. The van der Waals surface area contributed by atoms with Crippen LogP contribution in [0.1, 0.15) is 35.9 Å². The van der Waals surface area contributed by atoms with E-state index in [4.69, 9.17) is 16.7 Å². The molecule has 7 heteroatoms. The number of aliphatic carboxylic acids is 1. The Morgan fingerprint density at radius 3 is 2.78 bits per heavy atom. The van der Waals surface area contributed by atoms with Crippen LogP contribution in [0.2, 0.25) is 4.34 Å². The molecule has 23 heavy (non-hydrogen) atoms. The molecule has 2 heterocycles. The third kappa shape index (κ3) is 2.84. The van der Waals surface area contributed by atoms with Gasteiger partial charge in [0, 0.05) is 12.1 Å². The van der Waals surface area contributed by atoms with E-state index in [9.17, 15) is 14.4 Å². The quantitative estimate of drug-likeness (QED) is 0.907. The van der Waals surface area contributed by atoms with E-state index in [-0.39, 0.29) is 24.2 Å². The van der Waals surface area contributed by atoms with E-state index < -0.39 is 5.97 Å². The van der Waals surface area contributed by atoms with Crippen molar-refractivity contribution in [2.24, 2.45) is 0 Å². The zero-order valence-electron chi connectivity index (χ0n) is 12.3. The maximum Gasteiger partial charge on any atom is 0.307 e. The highest BCUT2D eigenvalue weighted by atomic mass is 35.5. The molecule has 5 nitrogen and oxygen atoms in total. The Balaban J connectivity index is 2.04. The van der Waals surface area contributed by atoms with Gasteiger partial charge in [-0.1, -0.05) is 11.6 Å². The Labute approximate surface area is 141 Å². The van der Waals surface area contributed by atoms with Gasteiger partial charge in [0.05, 0.1) is 21.7 Å². The first-order chi connectivity index (χ1) is 10.9. The lowest BCUT2D eigenvalue weighted by atomic mass is 9.89. The molecule has 0 saturated heterocycles. The molecule has 120 valence electrons. The van der Waals surface area contributed by atoms with E-state index in [1.807, 2.05) is 0 Å². The highest BCUT2D eigenvalue weighted by Gasteiger charge is 2.41. The normalized spacial score (nSPS) is 20.6. The molecule has 0 bridgehead atoms. The van der Waals surface area contributed by atoms with Gasteiger partial charge >= 0.3 is 5.97 Å². The van der Waals surface area contributed by atoms with Gasteiger partial charge < -0.3 is 10.0 Å². The number of carbonyl (C=O) groups is 3. The fourth-order valence-corrected chi connectivity index (χ4v) is 4.12. The highest BCUT2D eigenvalue weighted by molar-refractivity contribution is 7.18. The zero-order chi connectivity index (χ0) is 16.7. The van der Waals surface area contributed by atoms with Gasteiger partial charge in [-0.2, -0.15) is 0 Å². The lowest BCUT2D eigenvalue weighted by Gasteiger charge is -2.28. The molecule has 1 atom stereocenters. The SMILES string of the molecule is CC1=C(CC(=O)O)C2=CC(=O)CCC2N1C(=O)c1ccc(Cl)s1. The van der Waals surface area contributed by atoms with Gasteiger partial charge in [-0.3, -0.25) is 14.4 Å². The number of allylic oxidation sites excluding steroid dienone is 2. The number of halogens is 1. The summed E-state index contributed by atoms with van der Waals surface area (Å²) >= 11 is 7.09. The first kappa shape index (κ1) is 16.0. The van der Waals surface area contributed by atoms with E-state index in [0.29, 0.717) is 38.9 Å². The number of carbonyl (C=O) groups excluding carboxylic acids is 2. The maximum absolute atomic E-state index is 12.8. The fourth-order valence-electron chi connectivity index (χ4n) is 3.14. The lowest BCUT2D eigenvalue weighted by Crippen LogP contribution is -2.37. The third-order valence-electron chi connectivity index (χ3n) is 4.13. The third-order valence-corrected chi connectivity index (χ3v) is 5.35. The summed E-state index contributed by atoms with van der Waals surface area (Å²) in [5, 5.41) is 9.13. The molecule has 1 N–H and O–H groups in total. The first-order valence-corrected chi connectivity index (χ1v) is 8.33. The molecule has 1 unspecified atom stereocenters. The number of carboxylic acids is 1. The number of thiophene rings is 1. The largest absolute Gasteiger partial charge is 0.481 e. The van der Waals surface area contributed by atoms with E-state index in [0.717, 1.165) is 0 Å². The van der Waals surface area contributed by atoms with Crippen molar-refractivity contribution in [3.63, 3.8) is 0 Å². The van der Waals surface area contributed by atoms with Gasteiger partial charge in [0.15, 0.2) is 5.78 Å². The van der Waals surface area contributed by atoms with E-state index >= 15 is 0 Å². The second-order valence-corrected chi connectivity index (χ2v) is 7.25. The van der Waals surface area contributed by atoms with Crippen molar-refractivity contribution in [2.45, 2.75) is 32.2 Å². The Kier molecular flexibility index (Phi) is 4.12. The number of hydrogen-bond donors (Lipinski definition) is 1. The molecule has 2 aliphatic rings. The summed E-state index contributed by atoms with van der Waals surface area (Å²) < 4.78 is 0.523. The highest BCUT2D eigenvalue weighted by Crippen LogP contribution is 2.41. The van der Waals surface area contributed by atoms with Crippen LogP contribution in [0.25, 0.3) is 0 Å². The monoisotopic (exact) mass is 351 g/mol. The molecule has 1 aliphatic carbocycles. The van der Waals surface area contributed by atoms with Gasteiger partial charge in [0.2, 0.25) is 0 Å². The molecule has 1 aliphatic heterocycles. The van der Waals surface area contributed by atoms with Crippen molar-refractivity contribution in [3.8, 4) is 0 Å². The molecule has 3 rings (SSSR count). The first-order valence-electron chi connectivity index (χ1n) is 7.13. The minimum Gasteiger partial charge on any atom is -0.481 e. The van der Waals surface area contributed by atoms with Crippen molar-refractivity contribution >= 4 is 40.6 Å². The van der Waals surface area contributed by atoms with Crippen molar-refractivity contribution in [3.05, 3.63) is 44.3 Å². The molecule has 0 spiro atoms. The molecule has 0 saturated carbocycles. The molecule has 1 amide bonds. The summed E-state index contributed by atoms with van der Waals surface area (Å²) in [5.74, 6) is -1.21. The Hall–Kier alpha value is -1.92. The second kappa shape index (κ2) is 5.94. The number of amides is 1. The zero-order valence-corrected chi connectivity index (χ0v) is 13.9. The molecule has 1 aromatic rings. The number of nitrogens with zero attached hydrogens (tertiary/aromatic N) is 1. The molecular weight excluding hydrogens is 338 g/mol. The number of ketones is 1. The maximum atomic E-state index is 12.8. The minimum absolute atomic E-state index is 0.0274. The number of fused-ring (bicyclic) bond motifs is 1. The van der Waals surface area contributed by atoms with Gasteiger partial charge in [0.1, 0.15) is 0 Å². The van der Waals surface area contributed by atoms with Gasteiger partial charge in [-0.15, -0.1) is 11.3 Å². The van der Waals surface area contributed by atoms with Gasteiger partial charge in [-0.25, -0.2) is 0 Å². The van der Waals surface area contributed by atoms with Crippen LogP contribution in [-0.2, 0) is 9.59 Å². The van der Waals surface area contributed by atoms with Crippen LogP contribution in [0.15, 0.2) is 35.1 Å². The molecule has 0 fully saturated rings. The lowest BCUT2D eigenvalue weighted by molar-refractivity contribution is -0.136. The number of rotatable bonds is 3. The average molecular weight is 352 g/mol. The number of hydrogen-bond acceptors (Lipinski definition) is 4. The van der Waals surface area contributed by atoms with Crippen LogP contribution in [0, 0.1) is 0 Å². The Morgan fingerprint density at radius 2 is 2.17 bits per heavy atom. The number of carboxylic acid groups (broad SMARTS) is 1. The molecule has 0 radical (unpaired) electrons. The smallest absolute Gasteiger partial charge is 0.307 e. The van der Waals surface area contributed by atoms with Crippen LogP contribution in [0.3, 0.4) is 0 Å². The second-order valence-electron chi connectivity index (χ2n) is 5.53. The molecule has 1 aromatic heterocycles. The van der Waals surface area contributed by atoms with Crippen LogP contribution in [0.5, 0.6) is 0 Å². The van der Waals surface area contributed by atoms with Crippen molar-refractivity contribution in [2.75, 3.05) is 0 Å². The Morgan fingerprint density at radius 1 is 1.43 bits per heavy atom. The standard InChI is InChI=1S/C16H14ClNO4S/c1-8-10(7-15(20)21)11-6-9(19)2-3-12(11)18(8)16(22)13-4-5-14(17)23-13/h4-6,12H,2-3,7H2,1H3,(H,20,21). The Bertz CT molecular complexity index is 777. The van der Waals surface area contributed by atoms with Crippen LogP contribution in [-0.4, -0.2) is 33.7 Å². The predicted octanol–water partition coefficient (Wildman–Crippen LogP) is 3.26. The van der Waals surface area contributed by atoms with Crippen LogP contribution < -0.4 is 0 Å². The van der Waals surface area contributed by atoms with E-state index in [1.54, 1.807) is 24.0 Å². The molecular formula is C16H14ClNO4S. The average Bonchev–Trinajstić information content (AvgIpc) is 3.02. The van der Waals surface area contributed by atoms with Crippen molar-refractivity contribution in [1.82, 2.24) is 4.90 Å².